The molecule has 0 aromatic heterocycles. The average molecular weight is 633 g/mol. The molecule has 0 saturated carbocycles. The van der Waals surface area contributed by atoms with Gasteiger partial charge in [-0.3, -0.25) is 9.59 Å². The largest absolute Gasteiger partial charge is 0.383 e. The van der Waals surface area contributed by atoms with Crippen LogP contribution in [0, 0.1) is 0 Å². The quantitative estimate of drug-likeness (QED) is 0.0480. The molecule has 0 aromatic carbocycles. The van der Waals surface area contributed by atoms with Crippen LogP contribution in [0.25, 0.3) is 0 Å². The summed E-state index contributed by atoms with van der Waals surface area (Å²) in [6.45, 7) is 5.71. The first kappa shape index (κ1) is 43.4. The van der Waals surface area contributed by atoms with E-state index < -0.39 is 12.0 Å². The second kappa shape index (κ2) is 36.8. The summed E-state index contributed by atoms with van der Waals surface area (Å²) in [5.74, 6) is -0.683. The van der Waals surface area contributed by atoms with E-state index in [1.807, 2.05) is 0 Å². The fourth-order valence-corrected chi connectivity index (χ4v) is 5.64. The third-order valence-corrected chi connectivity index (χ3v) is 8.68. The monoisotopic (exact) mass is 633 g/mol. The lowest BCUT2D eigenvalue weighted by Crippen LogP contribution is -2.39. The minimum atomic E-state index is -1.26. The summed E-state index contributed by atoms with van der Waals surface area (Å²) >= 11 is 0. The number of carbonyl (C=O) groups is 2. The topological polar surface area (TPSA) is 78.4 Å². The number of aliphatic hydroxyl groups excluding tert-OH is 1. The van der Waals surface area contributed by atoms with Gasteiger partial charge in [0.2, 0.25) is 11.8 Å². The third kappa shape index (κ3) is 35.1. The number of allylic oxidation sites excluding steroid dienone is 4. The first-order valence-electron chi connectivity index (χ1n) is 19.6. The Morgan fingerprint density at radius 3 is 1.16 bits per heavy atom. The van der Waals surface area contributed by atoms with Gasteiger partial charge >= 0.3 is 0 Å². The number of aliphatic hydroxyl groups is 1. The van der Waals surface area contributed by atoms with Crippen LogP contribution in [0.15, 0.2) is 24.3 Å². The highest BCUT2D eigenvalue weighted by molar-refractivity contribution is 5.87. The maximum atomic E-state index is 12.1. The van der Waals surface area contributed by atoms with E-state index in [2.05, 4.69) is 48.8 Å². The van der Waals surface area contributed by atoms with Gasteiger partial charge in [0, 0.05) is 13.1 Å². The van der Waals surface area contributed by atoms with Crippen LogP contribution in [-0.4, -0.2) is 36.1 Å². The summed E-state index contributed by atoms with van der Waals surface area (Å²) < 4.78 is 0. The molecule has 3 N–H and O–H groups in total. The van der Waals surface area contributed by atoms with Crippen LogP contribution in [0.1, 0.15) is 200 Å². The van der Waals surface area contributed by atoms with Crippen molar-refractivity contribution in [3.63, 3.8) is 0 Å². The Morgan fingerprint density at radius 2 is 0.778 bits per heavy atom. The SMILES string of the molecule is CCCCCCCC/C=C\CCCCCCCCNC(=O)CC(O)C(=O)NCCCCCCCC/C=C\CCCCCCCC. The molecule has 0 spiro atoms. The number of rotatable bonds is 35. The smallest absolute Gasteiger partial charge is 0.249 e. The van der Waals surface area contributed by atoms with Crippen molar-refractivity contribution in [3.05, 3.63) is 24.3 Å². The molecule has 5 heteroatoms. The van der Waals surface area contributed by atoms with E-state index >= 15 is 0 Å². The highest BCUT2D eigenvalue weighted by Gasteiger charge is 2.18. The maximum Gasteiger partial charge on any atom is 0.249 e. The Bertz CT molecular complexity index is 691. The summed E-state index contributed by atoms with van der Waals surface area (Å²) in [6.07, 6.45) is 43.2. The zero-order valence-corrected chi connectivity index (χ0v) is 30.1. The van der Waals surface area contributed by atoms with Crippen molar-refractivity contribution in [2.24, 2.45) is 0 Å². The van der Waals surface area contributed by atoms with Crippen LogP contribution in [-0.2, 0) is 9.59 Å². The molecule has 5 nitrogen and oxygen atoms in total. The van der Waals surface area contributed by atoms with Crippen LogP contribution in [0.4, 0.5) is 0 Å². The Balaban J connectivity index is 3.45. The van der Waals surface area contributed by atoms with Gasteiger partial charge in [-0.2, -0.15) is 0 Å². The van der Waals surface area contributed by atoms with Crippen molar-refractivity contribution < 1.29 is 14.7 Å². The van der Waals surface area contributed by atoms with Crippen LogP contribution < -0.4 is 10.6 Å². The predicted octanol–water partition coefficient (Wildman–Crippen LogP) is 11.0. The third-order valence-electron chi connectivity index (χ3n) is 8.68. The van der Waals surface area contributed by atoms with E-state index in [-0.39, 0.29) is 12.3 Å². The number of amides is 2. The minimum absolute atomic E-state index is 0.161. The molecule has 45 heavy (non-hydrogen) atoms. The molecule has 0 radical (unpaired) electrons. The van der Waals surface area contributed by atoms with Crippen molar-refractivity contribution >= 4 is 11.8 Å². The van der Waals surface area contributed by atoms with E-state index in [0.717, 1.165) is 25.7 Å². The standard InChI is InChI=1S/C40H76N2O3/c1-3-5-7-9-11-13-15-17-19-21-23-25-27-29-31-33-35-41-39(44)37-38(43)40(45)42-36-34-32-30-28-26-24-22-20-18-16-14-12-10-8-6-4-2/h17-20,38,43H,3-16,21-37H2,1-2H3,(H,41,44)(H,42,45)/b19-17-,20-18-. The van der Waals surface area contributed by atoms with Crippen molar-refractivity contribution in [1.82, 2.24) is 10.6 Å². The van der Waals surface area contributed by atoms with Gasteiger partial charge in [-0.05, 0) is 64.2 Å². The highest BCUT2D eigenvalue weighted by atomic mass is 16.3. The molecule has 1 unspecified atom stereocenters. The summed E-state index contributed by atoms with van der Waals surface area (Å²) in [7, 11) is 0. The fourth-order valence-electron chi connectivity index (χ4n) is 5.64. The molecule has 0 aliphatic rings. The maximum absolute atomic E-state index is 12.1. The Hall–Kier alpha value is -1.62. The first-order valence-corrected chi connectivity index (χ1v) is 19.6. The zero-order chi connectivity index (χ0) is 32.9. The summed E-state index contributed by atoms with van der Waals surface area (Å²) in [4.78, 5) is 24.2. The lowest BCUT2D eigenvalue weighted by Gasteiger charge is -2.11. The van der Waals surface area contributed by atoms with Gasteiger partial charge in [0.25, 0.3) is 0 Å². The molecular formula is C40H76N2O3. The van der Waals surface area contributed by atoms with Gasteiger partial charge in [0.1, 0.15) is 6.10 Å². The molecule has 0 fully saturated rings. The molecule has 264 valence electrons. The number of hydrogen-bond donors (Lipinski definition) is 3. The van der Waals surface area contributed by atoms with Gasteiger partial charge in [-0.1, -0.05) is 154 Å². The molecule has 0 bridgehead atoms. The van der Waals surface area contributed by atoms with E-state index in [4.69, 9.17) is 0 Å². The predicted molar refractivity (Wildman–Crippen MR) is 196 cm³/mol. The highest BCUT2D eigenvalue weighted by Crippen LogP contribution is 2.11. The zero-order valence-electron chi connectivity index (χ0n) is 30.1. The minimum Gasteiger partial charge on any atom is -0.383 e. The van der Waals surface area contributed by atoms with Crippen molar-refractivity contribution in [3.8, 4) is 0 Å². The Kier molecular flexibility index (Phi) is 35.5. The molecule has 1 atom stereocenters. The second-order valence-corrected chi connectivity index (χ2v) is 13.2. The van der Waals surface area contributed by atoms with Crippen LogP contribution in [0.5, 0.6) is 0 Å². The first-order chi connectivity index (χ1) is 22.1. The van der Waals surface area contributed by atoms with Crippen LogP contribution >= 0.6 is 0 Å². The molecule has 2 amide bonds. The average Bonchev–Trinajstić information content (AvgIpc) is 3.03. The number of unbranched alkanes of at least 4 members (excludes halogenated alkanes) is 24. The normalized spacial score (nSPS) is 12.3. The van der Waals surface area contributed by atoms with Gasteiger partial charge in [-0.25, -0.2) is 0 Å². The fraction of sp³-hybridized carbons (Fsp3) is 0.850. The Labute approximate surface area is 280 Å². The number of nitrogens with one attached hydrogen (secondary N) is 2. The Morgan fingerprint density at radius 1 is 0.467 bits per heavy atom. The molecule has 0 aliphatic heterocycles. The summed E-state index contributed by atoms with van der Waals surface area (Å²) in [5, 5.41) is 15.7. The van der Waals surface area contributed by atoms with Crippen LogP contribution in [0.2, 0.25) is 0 Å². The number of carbonyl (C=O) groups excluding carboxylic acids is 2. The van der Waals surface area contributed by atoms with Gasteiger partial charge < -0.3 is 15.7 Å². The van der Waals surface area contributed by atoms with E-state index in [1.54, 1.807) is 0 Å². The summed E-state index contributed by atoms with van der Waals surface area (Å²) in [6, 6.07) is 0. The van der Waals surface area contributed by atoms with Crippen molar-refractivity contribution in [1.29, 1.82) is 0 Å². The molecule has 0 aliphatic carbocycles. The second-order valence-electron chi connectivity index (χ2n) is 13.2. The molecule has 0 saturated heterocycles. The molecule has 0 aromatic rings. The van der Waals surface area contributed by atoms with Crippen LogP contribution in [0.3, 0.4) is 0 Å². The lowest BCUT2D eigenvalue weighted by atomic mass is 10.1. The van der Waals surface area contributed by atoms with Crippen molar-refractivity contribution in [2.75, 3.05) is 13.1 Å². The molecular weight excluding hydrogens is 556 g/mol. The van der Waals surface area contributed by atoms with Gasteiger partial charge in [0.05, 0.1) is 6.42 Å². The summed E-state index contributed by atoms with van der Waals surface area (Å²) in [5.41, 5.74) is 0. The van der Waals surface area contributed by atoms with Crippen molar-refractivity contribution in [2.45, 2.75) is 206 Å². The van der Waals surface area contributed by atoms with E-state index in [9.17, 15) is 14.7 Å². The van der Waals surface area contributed by atoms with E-state index in [0.29, 0.717) is 13.1 Å². The molecule has 0 heterocycles. The van der Waals surface area contributed by atoms with E-state index in [1.165, 1.54) is 154 Å². The van der Waals surface area contributed by atoms with Gasteiger partial charge in [0.15, 0.2) is 0 Å². The number of hydrogen-bond acceptors (Lipinski definition) is 3. The van der Waals surface area contributed by atoms with Gasteiger partial charge in [-0.15, -0.1) is 0 Å². The lowest BCUT2D eigenvalue weighted by molar-refractivity contribution is -0.134. The molecule has 0 rings (SSSR count).